The Hall–Kier alpha value is -0.610. The maximum absolute atomic E-state index is 11.8. The summed E-state index contributed by atoms with van der Waals surface area (Å²) in [6.45, 7) is 1.31. The van der Waals surface area contributed by atoms with Crippen LogP contribution in [0.3, 0.4) is 0 Å². The fourth-order valence-electron chi connectivity index (χ4n) is 3.67. The van der Waals surface area contributed by atoms with E-state index in [1.54, 1.807) is 0 Å². The second-order valence-electron chi connectivity index (χ2n) is 6.81. The molecule has 1 amide bonds. The van der Waals surface area contributed by atoms with E-state index in [0.717, 1.165) is 19.3 Å². The maximum Gasteiger partial charge on any atom is 0.220 e. The number of carbonyl (C=O) groups is 1. The summed E-state index contributed by atoms with van der Waals surface area (Å²) in [5, 5.41) is 2.98. The lowest BCUT2D eigenvalue weighted by atomic mass is 9.83. The molecular weight excluding hydrogens is 264 g/mol. The molecule has 2 unspecified atom stereocenters. The number of hydrogen-bond acceptors (Lipinski definition) is 3. The normalized spacial score (nSPS) is 27.5. The van der Waals surface area contributed by atoms with Crippen molar-refractivity contribution in [3.05, 3.63) is 0 Å². The Balaban J connectivity index is 1.47. The van der Waals surface area contributed by atoms with Crippen molar-refractivity contribution in [3.63, 3.8) is 0 Å². The topological polar surface area (TPSA) is 64.4 Å². The molecule has 21 heavy (non-hydrogen) atoms. The standard InChI is InChI=1S/C17H32N2O2/c18-15-6-4-5-14(13-15)9-10-17(20)19-11-12-21-16-7-2-1-3-8-16/h14-16H,1-13,18H2,(H,19,20). The van der Waals surface area contributed by atoms with Crippen LogP contribution < -0.4 is 11.1 Å². The molecule has 0 bridgehead atoms. The van der Waals surface area contributed by atoms with E-state index in [0.29, 0.717) is 37.6 Å². The fraction of sp³-hybridized carbons (Fsp3) is 0.941. The molecule has 2 fully saturated rings. The van der Waals surface area contributed by atoms with Gasteiger partial charge in [-0.1, -0.05) is 32.1 Å². The summed E-state index contributed by atoms with van der Waals surface area (Å²) >= 11 is 0. The third-order valence-corrected chi connectivity index (χ3v) is 4.93. The van der Waals surface area contributed by atoms with Crippen LogP contribution >= 0.6 is 0 Å². The number of hydrogen-bond donors (Lipinski definition) is 2. The van der Waals surface area contributed by atoms with Crippen LogP contribution in [0, 0.1) is 5.92 Å². The van der Waals surface area contributed by atoms with E-state index >= 15 is 0 Å². The Morgan fingerprint density at radius 3 is 2.67 bits per heavy atom. The van der Waals surface area contributed by atoms with E-state index in [9.17, 15) is 4.79 Å². The molecule has 0 radical (unpaired) electrons. The average Bonchev–Trinajstić information content (AvgIpc) is 2.51. The Kier molecular flexibility index (Phi) is 7.51. The SMILES string of the molecule is NC1CCCC(CCC(=O)NCCOC2CCCCC2)C1. The zero-order chi connectivity index (χ0) is 14.9. The second kappa shape index (κ2) is 9.42. The van der Waals surface area contributed by atoms with Crippen molar-refractivity contribution in [3.8, 4) is 0 Å². The highest BCUT2D eigenvalue weighted by Crippen LogP contribution is 2.26. The maximum atomic E-state index is 11.8. The van der Waals surface area contributed by atoms with Crippen LogP contribution in [0.15, 0.2) is 0 Å². The summed E-state index contributed by atoms with van der Waals surface area (Å²) in [6, 6.07) is 0.357. The Bertz CT molecular complexity index is 303. The molecule has 0 aliphatic heterocycles. The van der Waals surface area contributed by atoms with E-state index in [1.165, 1.54) is 44.9 Å². The molecule has 0 aromatic rings. The molecule has 122 valence electrons. The number of amides is 1. The average molecular weight is 296 g/mol. The third kappa shape index (κ3) is 6.79. The van der Waals surface area contributed by atoms with E-state index in [2.05, 4.69) is 5.32 Å². The number of carbonyl (C=O) groups excluding carboxylic acids is 1. The van der Waals surface area contributed by atoms with Crippen molar-refractivity contribution in [2.75, 3.05) is 13.2 Å². The van der Waals surface area contributed by atoms with Gasteiger partial charge in [0.05, 0.1) is 12.7 Å². The molecule has 0 spiro atoms. The lowest BCUT2D eigenvalue weighted by Gasteiger charge is -2.26. The van der Waals surface area contributed by atoms with E-state index in [4.69, 9.17) is 10.5 Å². The van der Waals surface area contributed by atoms with Gasteiger partial charge in [-0.3, -0.25) is 4.79 Å². The number of nitrogens with one attached hydrogen (secondary N) is 1. The van der Waals surface area contributed by atoms with Gasteiger partial charge in [0.25, 0.3) is 0 Å². The lowest BCUT2D eigenvalue weighted by molar-refractivity contribution is -0.121. The summed E-state index contributed by atoms with van der Waals surface area (Å²) in [4.78, 5) is 11.8. The highest BCUT2D eigenvalue weighted by Gasteiger charge is 2.19. The second-order valence-corrected chi connectivity index (χ2v) is 6.81. The highest BCUT2D eigenvalue weighted by atomic mass is 16.5. The first-order valence-electron chi connectivity index (χ1n) is 8.88. The van der Waals surface area contributed by atoms with Gasteiger partial charge in [0, 0.05) is 19.0 Å². The molecule has 0 aromatic heterocycles. The molecular formula is C17H32N2O2. The summed E-state index contributed by atoms with van der Waals surface area (Å²) in [6.07, 6.45) is 13.1. The number of ether oxygens (including phenoxy) is 1. The van der Waals surface area contributed by atoms with Gasteiger partial charge in [0.1, 0.15) is 0 Å². The molecule has 2 atom stereocenters. The minimum atomic E-state index is 0.168. The van der Waals surface area contributed by atoms with Crippen molar-refractivity contribution in [2.45, 2.75) is 82.8 Å². The molecule has 0 saturated heterocycles. The summed E-state index contributed by atoms with van der Waals surface area (Å²) in [5.41, 5.74) is 5.98. The van der Waals surface area contributed by atoms with Gasteiger partial charge < -0.3 is 15.8 Å². The van der Waals surface area contributed by atoms with Crippen molar-refractivity contribution < 1.29 is 9.53 Å². The quantitative estimate of drug-likeness (QED) is 0.710. The van der Waals surface area contributed by atoms with Crippen LogP contribution in [0.2, 0.25) is 0 Å². The molecule has 2 saturated carbocycles. The van der Waals surface area contributed by atoms with Crippen molar-refractivity contribution in [1.82, 2.24) is 5.32 Å². The smallest absolute Gasteiger partial charge is 0.220 e. The highest BCUT2D eigenvalue weighted by molar-refractivity contribution is 5.75. The zero-order valence-corrected chi connectivity index (χ0v) is 13.3. The molecule has 2 rings (SSSR count). The van der Waals surface area contributed by atoms with Crippen molar-refractivity contribution in [1.29, 1.82) is 0 Å². The number of rotatable bonds is 7. The predicted molar refractivity (Wildman–Crippen MR) is 85.0 cm³/mol. The van der Waals surface area contributed by atoms with Crippen LogP contribution in [0.5, 0.6) is 0 Å². The van der Waals surface area contributed by atoms with Crippen LogP contribution in [-0.2, 0) is 9.53 Å². The molecule has 0 aromatic carbocycles. The summed E-state index contributed by atoms with van der Waals surface area (Å²) in [7, 11) is 0. The van der Waals surface area contributed by atoms with E-state index in [1.807, 2.05) is 0 Å². The summed E-state index contributed by atoms with van der Waals surface area (Å²) in [5.74, 6) is 0.819. The Labute approximate surface area is 129 Å². The number of nitrogens with two attached hydrogens (primary N) is 1. The van der Waals surface area contributed by atoms with E-state index < -0.39 is 0 Å². The largest absolute Gasteiger partial charge is 0.376 e. The van der Waals surface area contributed by atoms with Crippen LogP contribution in [0.4, 0.5) is 0 Å². The van der Waals surface area contributed by atoms with E-state index in [-0.39, 0.29) is 5.91 Å². The fourth-order valence-corrected chi connectivity index (χ4v) is 3.67. The first-order chi connectivity index (χ1) is 10.2. The lowest BCUT2D eigenvalue weighted by Crippen LogP contribution is -2.31. The van der Waals surface area contributed by atoms with Gasteiger partial charge in [0.2, 0.25) is 5.91 Å². The first kappa shape index (κ1) is 16.8. The third-order valence-electron chi connectivity index (χ3n) is 4.93. The van der Waals surface area contributed by atoms with Crippen LogP contribution in [-0.4, -0.2) is 31.2 Å². The van der Waals surface area contributed by atoms with Crippen molar-refractivity contribution in [2.24, 2.45) is 11.7 Å². The summed E-state index contributed by atoms with van der Waals surface area (Å²) < 4.78 is 5.81. The molecule has 3 N–H and O–H groups in total. The van der Waals surface area contributed by atoms with Gasteiger partial charge in [-0.2, -0.15) is 0 Å². The van der Waals surface area contributed by atoms with Gasteiger partial charge >= 0.3 is 0 Å². The monoisotopic (exact) mass is 296 g/mol. The Morgan fingerprint density at radius 1 is 1.10 bits per heavy atom. The van der Waals surface area contributed by atoms with Crippen LogP contribution in [0.25, 0.3) is 0 Å². The molecule has 2 aliphatic rings. The first-order valence-corrected chi connectivity index (χ1v) is 8.88. The van der Waals surface area contributed by atoms with Gasteiger partial charge in [-0.25, -0.2) is 0 Å². The molecule has 4 nitrogen and oxygen atoms in total. The minimum Gasteiger partial charge on any atom is -0.376 e. The minimum absolute atomic E-state index is 0.168. The molecule has 2 aliphatic carbocycles. The van der Waals surface area contributed by atoms with Crippen molar-refractivity contribution >= 4 is 5.91 Å². The van der Waals surface area contributed by atoms with Gasteiger partial charge in [-0.05, 0) is 38.0 Å². The predicted octanol–water partition coefficient (Wildman–Crippen LogP) is 2.75. The van der Waals surface area contributed by atoms with Crippen LogP contribution in [0.1, 0.15) is 70.6 Å². The van der Waals surface area contributed by atoms with Gasteiger partial charge in [0.15, 0.2) is 0 Å². The molecule has 4 heteroatoms. The Morgan fingerprint density at radius 2 is 1.90 bits per heavy atom. The molecule has 0 heterocycles. The zero-order valence-electron chi connectivity index (χ0n) is 13.3. The van der Waals surface area contributed by atoms with Gasteiger partial charge in [-0.15, -0.1) is 0 Å².